The number of aromatic nitrogens is 5. The Morgan fingerprint density at radius 3 is 2.84 bits per heavy atom. The standard InChI is InChI=1S/C22H25N7O2/c1-31-19-5-4-17-11-28(8-6-16(17)9-19)22(30)18-3-2-7-27(12-18)20-10-21(25-14-24-20)29-15-23-13-26-29/h4-5,9-10,13-15,18H,2-3,6-8,11-12H2,1H3. The third-order valence-electron chi connectivity index (χ3n) is 6.12. The van der Waals surface area contributed by atoms with Crippen LogP contribution in [0.3, 0.4) is 0 Å². The fourth-order valence-electron chi connectivity index (χ4n) is 4.45. The second-order valence-electron chi connectivity index (χ2n) is 8.00. The first-order chi connectivity index (χ1) is 15.2. The van der Waals surface area contributed by atoms with Crippen LogP contribution in [0.15, 0.2) is 43.2 Å². The monoisotopic (exact) mass is 419 g/mol. The molecule has 31 heavy (non-hydrogen) atoms. The lowest BCUT2D eigenvalue weighted by Crippen LogP contribution is -2.46. The molecule has 2 aliphatic heterocycles. The number of carbonyl (C=O) groups is 1. The van der Waals surface area contributed by atoms with Crippen LogP contribution in [0.25, 0.3) is 5.82 Å². The minimum Gasteiger partial charge on any atom is -0.497 e. The van der Waals surface area contributed by atoms with Crippen molar-refractivity contribution < 1.29 is 9.53 Å². The number of carbonyl (C=O) groups excluding carboxylic acids is 1. The number of anilines is 1. The summed E-state index contributed by atoms with van der Waals surface area (Å²) in [7, 11) is 1.68. The minimum atomic E-state index is -0.0293. The van der Waals surface area contributed by atoms with E-state index in [1.165, 1.54) is 23.8 Å². The van der Waals surface area contributed by atoms with Crippen molar-refractivity contribution in [3.05, 3.63) is 54.4 Å². The number of nitrogens with zero attached hydrogens (tertiary/aromatic N) is 7. The summed E-state index contributed by atoms with van der Waals surface area (Å²) < 4.78 is 6.94. The summed E-state index contributed by atoms with van der Waals surface area (Å²) in [6.07, 6.45) is 7.35. The molecule has 160 valence electrons. The van der Waals surface area contributed by atoms with Crippen LogP contribution in [-0.2, 0) is 17.8 Å². The molecular weight excluding hydrogens is 394 g/mol. The van der Waals surface area contributed by atoms with E-state index in [0.29, 0.717) is 18.9 Å². The Bertz CT molecular complexity index is 1070. The zero-order valence-corrected chi connectivity index (χ0v) is 17.5. The van der Waals surface area contributed by atoms with Gasteiger partial charge in [-0.1, -0.05) is 6.07 Å². The molecule has 0 N–H and O–H groups in total. The Labute approximate surface area is 180 Å². The number of hydrogen-bond acceptors (Lipinski definition) is 7. The van der Waals surface area contributed by atoms with Crippen molar-refractivity contribution in [1.82, 2.24) is 29.6 Å². The van der Waals surface area contributed by atoms with E-state index in [0.717, 1.165) is 43.9 Å². The summed E-state index contributed by atoms with van der Waals surface area (Å²) in [4.78, 5) is 30.2. The van der Waals surface area contributed by atoms with Gasteiger partial charge in [0, 0.05) is 32.2 Å². The second-order valence-corrected chi connectivity index (χ2v) is 8.00. The first-order valence-corrected chi connectivity index (χ1v) is 10.6. The predicted octanol–water partition coefficient (Wildman–Crippen LogP) is 1.87. The first-order valence-electron chi connectivity index (χ1n) is 10.6. The maximum absolute atomic E-state index is 13.3. The van der Waals surface area contributed by atoms with Gasteiger partial charge in [-0.15, -0.1) is 0 Å². The van der Waals surface area contributed by atoms with Gasteiger partial charge < -0.3 is 14.5 Å². The quantitative estimate of drug-likeness (QED) is 0.638. The molecule has 0 bridgehead atoms. The van der Waals surface area contributed by atoms with Crippen molar-refractivity contribution in [3.8, 4) is 11.6 Å². The molecule has 0 spiro atoms. The number of amides is 1. The van der Waals surface area contributed by atoms with Gasteiger partial charge >= 0.3 is 0 Å². The van der Waals surface area contributed by atoms with E-state index in [1.807, 2.05) is 17.0 Å². The first kappa shape index (κ1) is 19.5. The lowest BCUT2D eigenvalue weighted by Gasteiger charge is -2.37. The van der Waals surface area contributed by atoms with Gasteiger partial charge in [0.2, 0.25) is 5.91 Å². The molecule has 1 fully saturated rings. The van der Waals surface area contributed by atoms with Gasteiger partial charge in [0.15, 0.2) is 5.82 Å². The largest absolute Gasteiger partial charge is 0.497 e. The molecule has 1 aromatic carbocycles. The molecule has 1 atom stereocenters. The van der Waals surface area contributed by atoms with Crippen molar-refractivity contribution in [2.45, 2.75) is 25.8 Å². The average Bonchev–Trinajstić information content (AvgIpc) is 3.38. The highest BCUT2D eigenvalue weighted by Crippen LogP contribution is 2.28. The Kier molecular flexibility index (Phi) is 5.23. The number of piperidine rings is 1. The molecule has 0 saturated carbocycles. The van der Waals surface area contributed by atoms with Crippen LogP contribution in [0.1, 0.15) is 24.0 Å². The van der Waals surface area contributed by atoms with Crippen molar-refractivity contribution in [1.29, 1.82) is 0 Å². The van der Waals surface area contributed by atoms with E-state index in [1.54, 1.807) is 18.1 Å². The van der Waals surface area contributed by atoms with Crippen LogP contribution < -0.4 is 9.64 Å². The molecule has 1 unspecified atom stereocenters. The smallest absolute Gasteiger partial charge is 0.227 e. The Balaban J connectivity index is 1.28. The molecular formula is C22H25N7O2. The van der Waals surface area contributed by atoms with Crippen molar-refractivity contribution in [2.24, 2.45) is 5.92 Å². The van der Waals surface area contributed by atoms with E-state index in [2.05, 4.69) is 37.1 Å². The molecule has 5 rings (SSSR count). The molecule has 1 amide bonds. The van der Waals surface area contributed by atoms with Crippen molar-refractivity contribution >= 4 is 11.7 Å². The van der Waals surface area contributed by atoms with E-state index < -0.39 is 0 Å². The molecule has 1 saturated heterocycles. The zero-order valence-electron chi connectivity index (χ0n) is 17.5. The predicted molar refractivity (Wildman–Crippen MR) is 114 cm³/mol. The van der Waals surface area contributed by atoms with E-state index in [4.69, 9.17) is 4.74 Å². The lowest BCUT2D eigenvalue weighted by molar-refractivity contribution is -0.136. The molecule has 3 aromatic rings. The number of benzene rings is 1. The maximum Gasteiger partial charge on any atom is 0.227 e. The average molecular weight is 419 g/mol. The summed E-state index contributed by atoms with van der Waals surface area (Å²) in [6, 6.07) is 8.03. The summed E-state index contributed by atoms with van der Waals surface area (Å²) in [5.74, 6) is 2.56. The van der Waals surface area contributed by atoms with Gasteiger partial charge in [0.05, 0.1) is 13.0 Å². The van der Waals surface area contributed by atoms with Gasteiger partial charge in [-0.2, -0.15) is 5.10 Å². The van der Waals surface area contributed by atoms with Crippen LogP contribution in [0, 0.1) is 5.92 Å². The minimum absolute atomic E-state index is 0.0293. The molecule has 2 aliphatic rings. The normalized spacial score (nSPS) is 18.5. The highest BCUT2D eigenvalue weighted by Gasteiger charge is 2.31. The number of hydrogen-bond donors (Lipinski definition) is 0. The number of fused-ring (bicyclic) bond motifs is 1. The summed E-state index contributed by atoms with van der Waals surface area (Å²) in [5, 5.41) is 4.13. The summed E-state index contributed by atoms with van der Waals surface area (Å²) >= 11 is 0. The number of methoxy groups -OCH3 is 1. The molecule has 0 aliphatic carbocycles. The Morgan fingerprint density at radius 1 is 1.10 bits per heavy atom. The molecule has 2 aromatic heterocycles. The molecule has 9 heteroatoms. The Morgan fingerprint density at radius 2 is 2.00 bits per heavy atom. The van der Waals surface area contributed by atoms with Crippen molar-refractivity contribution in [2.75, 3.05) is 31.6 Å². The molecule has 4 heterocycles. The van der Waals surface area contributed by atoms with Crippen LogP contribution in [-0.4, -0.2) is 62.3 Å². The van der Waals surface area contributed by atoms with Gasteiger partial charge in [-0.25, -0.2) is 19.6 Å². The fraction of sp³-hybridized carbons (Fsp3) is 0.409. The van der Waals surface area contributed by atoms with Gasteiger partial charge in [-0.3, -0.25) is 4.79 Å². The summed E-state index contributed by atoms with van der Waals surface area (Å²) in [6.45, 7) is 2.96. The topological polar surface area (TPSA) is 89.3 Å². The maximum atomic E-state index is 13.3. The SMILES string of the molecule is COc1ccc2c(c1)CCN(C(=O)C1CCCN(c3cc(-n4cncn4)ncn3)C1)C2. The van der Waals surface area contributed by atoms with Gasteiger partial charge in [0.25, 0.3) is 0 Å². The van der Waals surface area contributed by atoms with Crippen LogP contribution >= 0.6 is 0 Å². The van der Waals surface area contributed by atoms with E-state index >= 15 is 0 Å². The van der Waals surface area contributed by atoms with Gasteiger partial charge in [0.1, 0.15) is 30.5 Å². The number of ether oxygens (including phenoxy) is 1. The van der Waals surface area contributed by atoms with E-state index in [9.17, 15) is 4.79 Å². The molecule has 0 radical (unpaired) electrons. The highest BCUT2D eigenvalue weighted by atomic mass is 16.5. The summed E-state index contributed by atoms with van der Waals surface area (Å²) in [5.41, 5.74) is 2.48. The second kappa shape index (κ2) is 8.33. The Hall–Kier alpha value is -3.49. The zero-order chi connectivity index (χ0) is 21.2. The lowest BCUT2D eigenvalue weighted by atomic mass is 9.93. The number of rotatable bonds is 4. The fourth-order valence-corrected chi connectivity index (χ4v) is 4.45. The highest BCUT2D eigenvalue weighted by molar-refractivity contribution is 5.80. The van der Waals surface area contributed by atoms with Crippen molar-refractivity contribution in [3.63, 3.8) is 0 Å². The van der Waals surface area contributed by atoms with Crippen LogP contribution in [0.4, 0.5) is 5.82 Å². The van der Waals surface area contributed by atoms with Crippen LogP contribution in [0.2, 0.25) is 0 Å². The van der Waals surface area contributed by atoms with Crippen LogP contribution in [0.5, 0.6) is 5.75 Å². The third kappa shape index (κ3) is 3.95. The molecule has 9 nitrogen and oxygen atoms in total. The van der Waals surface area contributed by atoms with E-state index in [-0.39, 0.29) is 11.8 Å². The van der Waals surface area contributed by atoms with Gasteiger partial charge in [-0.05, 0) is 42.5 Å². The third-order valence-corrected chi connectivity index (χ3v) is 6.12.